The number of halogens is 1. The maximum Gasteiger partial charge on any atom is 0.332 e. The first-order valence-corrected chi connectivity index (χ1v) is 10.7. The molecule has 0 atom stereocenters. The normalized spacial score (nSPS) is 11.5. The molecular weight excluding hydrogens is 416 g/mol. The maximum atomic E-state index is 13.5. The van der Waals surface area contributed by atoms with Crippen LogP contribution < -0.4 is 11.2 Å². The van der Waals surface area contributed by atoms with E-state index in [0.717, 1.165) is 29.8 Å². The standard InChI is InChI=1S/C22H25ClN6O2/c1-5-6-11-27-18-19(24-21(27)29-15(3)12-14(2)25-29)26(4)22(31)28(20(18)30)13-16-7-9-17(23)10-8-16/h7-10,12H,5-6,11,13H2,1-4H3. The summed E-state index contributed by atoms with van der Waals surface area (Å²) in [5.41, 5.74) is 2.60. The van der Waals surface area contributed by atoms with E-state index in [1.807, 2.05) is 36.6 Å². The van der Waals surface area contributed by atoms with Crippen molar-refractivity contribution in [3.63, 3.8) is 0 Å². The van der Waals surface area contributed by atoms with Gasteiger partial charge >= 0.3 is 5.69 Å². The van der Waals surface area contributed by atoms with E-state index in [0.29, 0.717) is 28.7 Å². The van der Waals surface area contributed by atoms with E-state index in [1.54, 1.807) is 23.9 Å². The van der Waals surface area contributed by atoms with Crippen LogP contribution in [0.25, 0.3) is 17.1 Å². The molecule has 3 heterocycles. The average molecular weight is 441 g/mol. The highest BCUT2D eigenvalue weighted by Crippen LogP contribution is 2.18. The Hall–Kier alpha value is -3.13. The van der Waals surface area contributed by atoms with E-state index in [1.165, 1.54) is 9.13 Å². The van der Waals surface area contributed by atoms with Crippen molar-refractivity contribution in [3.05, 3.63) is 73.1 Å². The van der Waals surface area contributed by atoms with Crippen molar-refractivity contribution in [1.82, 2.24) is 28.5 Å². The average Bonchev–Trinajstić information content (AvgIpc) is 3.28. The van der Waals surface area contributed by atoms with Crippen molar-refractivity contribution in [2.45, 2.75) is 46.7 Å². The molecule has 8 nitrogen and oxygen atoms in total. The smallest absolute Gasteiger partial charge is 0.302 e. The molecule has 1 aromatic carbocycles. The summed E-state index contributed by atoms with van der Waals surface area (Å²) in [5.74, 6) is 0.547. The van der Waals surface area contributed by atoms with Crippen LogP contribution in [-0.2, 0) is 20.1 Å². The lowest BCUT2D eigenvalue weighted by Crippen LogP contribution is -2.40. The molecule has 0 unspecified atom stereocenters. The molecule has 0 fully saturated rings. The summed E-state index contributed by atoms with van der Waals surface area (Å²) >= 11 is 5.97. The SMILES string of the molecule is CCCCn1c(-n2nc(C)cc2C)nc2c1c(=O)n(Cc1ccc(Cl)cc1)c(=O)n2C. The summed E-state index contributed by atoms with van der Waals surface area (Å²) in [6.45, 7) is 6.72. The number of nitrogens with zero attached hydrogens (tertiary/aromatic N) is 6. The topological polar surface area (TPSA) is 79.6 Å². The number of unbranched alkanes of at least 4 members (excludes halogenated alkanes) is 1. The molecule has 4 rings (SSSR count). The van der Waals surface area contributed by atoms with E-state index < -0.39 is 5.69 Å². The molecule has 31 heavy (non-hydrogen) atoms. The van der Waals surface area contributed by atoms with E-state index in [9.17, 15) is 9.59 Å². The molecule has 0 saturated carbocycles. The van der Waals surface area contributed by atoms with Crippen LogP contribution in [0.4, 0.5) is 0 Å². The molecule has 0 saturated heterocycles. The highest BCUT2D eigenvalue weighted by Gasteiger charge is 2.22. The van der Waals surface area contributed by atoms with Crippen LogP contribution in [0.5, 0.6) is 0 Å². The van der Waals surface area contributed by atoms with Gasteiger partial charge in [0, 0.05) is 24.3 Å². The van der Waals surface area contributed by atoms with Gasteiger partial charge in [-0.1, -0.05) is 37.1 Å². The van der Waals surface area contributed by atoms with Gasteiger partial charge in [0.05, 0.1) is 12.2 Å². The number of benzene rings is 1. The highest BCUT2D eigenvalue weighted by molar-refractivity contribution is 6.30. The summed E-state index contributed by atoms with van der Waals surface area (Å²) in [7, 11) is 1.64. The highest BCUT2D eigenvalue weighted by atomic mass is 35.5. The van der Waals surface area contributed by atoms with Gasteiger partial charge in [0.25, 0.3) is 5.56 Å². The van der Waals surface area contributed by atoms with Gasteiger partial charge in [-0.3, -0.25) is 13.9 Å². The van der Waals surface area contributed by atoms with Gasteiger partial charge in [-0.2, -0.15) is 10.1 Å². The predicted octanol–water partition coefficient (Wildman–Crippen LogP) is 3.20. The van der Waals surface area contributed by atoms with Crippen molar-refractivity contribution < 1.29 is 0 Å². The van der Waals surface area contributed by atoms with E-state index >= 15 is 0 Å². The number of fused-ring (bicyclic) bond motifs is 1. The molecule has 3 aromatic heterocycles. The van der Waals surface area contributed by atoms with Crippen LogP contribution in [0.1, 0.15) is 36.7 Å². The van der Waals surface area contributed by atoms with Gasteiger partial charge in [-0.15, -0.1) is 0 Å². The molecule has 9 heteroatoms. The number of rotatable bonds is 6. The Balaban J connectivity index is 1.98. The second-order valence-electron chi connectivity index (χ2n) is 7.79. The molecule has 0 N–H and O–H groups in total. The lowest BCUT2D eigenvalue weighted by atomic mass is 10.2. The Morgan fingerprint density at radius 2 is 1.77 bits per heavy atom. The van der Waals surface area contributed by atoms with E-state index in [2.05, 4.69) is 17.0 Å². The third kappa shape index (κ3) is 3.72. The Labute approximate surface area is 184 Å². The Bertz CT molecular complexity index is 1370. The van der Waals surface area contributed by atoms with Crippen LogP contribution >= 0.6 is 11.6 Å². The first-order valence-electron chi connectivity index (χ1n) is 10.3. The van der Waals surface area contributed by atoms with Gasteiger partial charge in [0.1, 0.15) is 0 Å². The van der Waals surface area contributed by atoms with Crippen molar-refractivity contribution in [2.75, 3.05) is 0 Å². The van der Waals surface area contributed by atoms with Crippen molar-refractivity contribution in [3.8, 4) is 5.95 Å². The fourth-order valence-corrected chi connectivity index (χ4v) is 3.92. The zero-order valence-electron chi connectivity index (χ0n) is 18.1. The molecule has 0 radical (unpaired) electrons. The summed E-state index contributed by atoms with van der Waals surface area (Å²) < 4.78 is 6.31. The zero-order chi connectivity index (χ0) is 22.3. The predicted molar refractivity (Wildman–Crippen MR) is 121 cm³/mol. The summed E-state index contributed by atoms with van der Waals surface area (Å²) in [6.07, 6.45) is 1.83. The second kappa shape index (κ2) is 8.19. The molecule has 0 aliphatic heterocycles. The number of hydrogen-bond acceptors (Lipinski definition) is 4. The molecule has 0 spiro atoms. The minimum atomic E-state index is -0.410. The largest absolute Gasteiger partial charge is 0.332 e. The Kier molecular flexibility index (Phi) is 5.58. The number of hydrogen-bond donors (Lipinski definition) is 0. The third-order valence-corrected chi connectivity index (χ3v) is 5.65. The minimum Gasteiger partial charge on any atom is -0.302 e. The van der Waals surface area contributed by atoms with Crippen LogP contribution in [0.15, 0.2) is 39.9 Å². The van der Waals surface area contributed by atoms with Crippen LogP contribution in [-0.4, -0.2) is 28.5 Å². The molecule has 0 amide bonds. The fourth-order valence-electron chi connectivity index (χ4n) is 3.79. The molecule has 0 bridgehead atoms. The second-order valence-corrected chi connectivity index (χ2v) is 8.22. The van der Waals surface area contributed by atoms with Crippen molar-refractivity contribution in [1.29, 1.82) is 0 Å². The summed E-state index contributed by atoms with van der Waals surface area (Å²) in [5, 5.41) is 5.15. The van der Waals surface area contributed by atoms with Crippen molar-refractivity contribution >= 4 is 22.8 Å². The monoisotopic (exact) mass is 440 g/mol. The van der Waals surface area contributed by atoms with Crippen LogP contribution in [0.2, 0.25) is 5.02 Å². The zero-order valence-corrected chi connectivity index (χ0v) is 18.8. The van der Waals surface area contributed by atoms with E-state index in [-0.39, 0.29) is 12.1 Å². The molecule has 162 valence electrons. The summed E-state index contributed by atoms with van der Waals surface area (Å²) in [4.78, 5) is 31.3. The van der Waals surface area contributed by atoms with Gasteiger partial charge in [-0.25, -0.2) is 9.48 Å². The quantitative estimate of drug-likeness (QED) is 0.461. The molecular formula is C22H25ClN6O2. The lowest BCUT2D eigenvalue weighted by Gasteiger charge is -2.11. The molecule has 4 aromatic rings. The van der Waals surface area contributed by atoms with E-state index in [4.69, 9.17) is 11.6 Å². The first-order chi connectivity index (χ1) is 14.8. The Morgan fingerprint density at radius 1 is 1.06 bits per heavy atom. The minimum absolute atomic E-state index is 0.160. The van der Waals surface area contributed by atoms with Crippen molar-refractivity contribution in [2.24, 2.45) is 7.05 Å². The molecule has 0 aliphatic rings. The van der Waals surface area contributed by atoms with Gasteiger partial charge in [0.15, 0.2) is 11.2 Å². The maximum absolute atomic E-state index is 13.5. The number of aromatic nitrogens is 6. The molecule has 0 aliphatic carbocycles. The fraction of sp³-hybridized carbons (Fsp3) is 0.364. The van der Waals surface area contributed by atoms with Crippen LogP contribution in [0, 0.1) is 13.8 Å². The summed E-state index contributed by atoms with van der Waals surface area (Å²) in [6, 6.07) is 9.08. The Morgan fingerprint density at radius 3 is 2.39 bits per heavy atom. The van der Waals surface area contributed by atoms with Gasteiger partial charge in [0.2, 0.25) is 5.95 Å². The number of aryl methyl sites for hydroxylation is 4. The van der Waals surface area contributed by atoms with Gasteiger partial charge < -0.3 is 4.57 Å². The number of imidazole rings is 1. The third-order valence-electron chi connectivity index (χ3n) is 5.40. The lowest BCUT2D eigenvalue weighted by molar-refractivity contribution is 0.605. The van der Waals surface area contributed by atoms with Crippen LogP contribution in [0.3, 0.4) is 0 Å². The van der Waals surface area contributed by atoms with Gasteiger partial charge in [-0.05, 0) is 44.0 Å². The first kappa shape index (κ1) is 21.1.